The highest BCUT2D eigenvalue weighted by molar-refractivity contribution is 6.30. The molecule has 0 atom stereocenters. The van der Waals surface area contributed by atoms with E-state index in [1.807, 2.05) is 0 Å². The first-order chi connectivity index (χ1) is 15.2. The summed E-state index contributed by atoms with van der Waals surface area (Å²) >= 11 is 5.87. The largest absolute Gasteiger partial charge is 0.465 e. The molecule has 6 nitrogen and oxygen atoms in total. The third kappa shape index (κ3) is 3.84. The summed E-state index contributed by atoms with van der Waals surface area (Å²) in [4.78, 5) is 12.5. The van der Waals surface area contributed by atoms with E-state index in [0.717, 1.165) is 25.4 Å². The van der Waals surface area contributed by atoms with E-state index in [4.69, 9.17) is 20.9 Å². The van der Waals surface area contributed by atoms with E-state index in [0.29, 0.717) is 15.3 Å². The van der Waals surface area contributed by atoms with Crippen molar-refractivity contribution in [3.8, 4) is 28.3 Å². The Morgan fingerprint density at radius 1 is 1.16 bits per heavy atom. The molecule has 0 aliphatic rings. The number of benzene rings is 2. The summed E-state index contributed by atoms with van der Waals surface area (Å²) in [6, 6.07) is 10.6. The summed E-state index contributed by atoms with van der Waals surface area (Å²) < 4.78 is 66.2. The molecule has 0 unspecified atom stereocenters. The zero-order chi connectivity index (χ0) is 23.0. The van der Waals surface area contributed by atoms with Crippen molar-refractivity contribution in [3.05, 3.63) is 76.8 Å². The van der Waals surface area contributed by atoms with Crippen LogP contribution in [0.3, 0.4) is 0 Å². The van der Waals surface area contributed by atoms with Crippen LogP contribution in [0.15, 0.2) is 59.3 Å². The van der Waals surface area contributed by atoms with Gasteiger partial charge in [-0.1, -0.05) is 35.0 Å². The van der Waals surface area contributed by atoms with Crippen LogP contribution in [-0.4, -0.2) is 28.0 Å². The fourth-order valence-corrected chi connectivity index (χ4v) is 3.29. The Labute approximate surface area is 183 Å². The molecule has 0 saturated carbocycles. The molecule has 0 amide bonds. The van der Waals surface area contributed by atoms with E-state index >= 15 is 0 Å². The average molecular weight is 466 g/mol. The monoisotopic (exact) mass is 465 g/mol. The van der Waals surface area contributed by atoms with Gasteiger partial charge in [0.2, 0.25) is 0 Å². The van der Waals surface area contributed by atoms with Crippen molar-refractivity contribution in [1.82, 2.24) is 14.9 Å². The fourth-order valence-electron chi connectivity index (χ4n) is 3.16. The molecule has 0 saturated heterocycles. The number of ether oxygens (including phenoxy) is 1. The van der Waals surface area contributed by atoms with Crippen molar-refractivity contribution >= 4 is 17.6 Å². The van der Waals surface area contributed by atoms with Crippen LogP contribution in [0.5, 0.6) is 0 Å². The lowest BCUT2D eigenvalue weighted by Crippen LogP contribution is -2.15. The van der Waals surface area contributed by atoms with Gasteiger partial charge in [0.15, 0.2) is 11.5 Å². The number of rotatable bonds is 4. The van der Waals surface area contributed by atoms with Gasteiger partial charge in [-0.15, -0.1) is 0 Å². The van der Waals surface area contributed by atoms with Gasteiger partial charge in [0.1, 0.15) is 17.1 Å². The maximum absolute atomic E-state index is 14.1. The molecule has 0 fully saturated rings. The molecule has 11 heteroatoms. The molecular weight excluding hydrogens is 454 g/mol. The van der Waals surface area contributed by atoms with E-state index in [1.54, 1.807) is 0 Å². The van der Waals surface area contributed by atoms with Gasteiger partial charge < -0.3 is 9.26 Å². The highest BCUT2D eigenvalue weighted by Gasteiger charge is 2.42. The van der Waals surface area contributed by atoms with Crippen LogP contribution in [0.2, 0.25) is 5.02 Å². The van der Waals surface area contributed by atoms with E-state index in [1.165, 1.54) is 36.4 Å². The summed E-state index contributed by atoms with van der Waals surface area (Å²) in [7, 11) is 1.07. The van der Waals surface area contributed by atoms with E-state index < -0.39 is 35.0 Å². The molecule has 0 radical (unpaired) electrons. The molecule has 32 heavy (non-hydrogen) atoms. The van der Waals surface area contributed by atoms with Crippen LogP contribution in [0.1, 0.15) is 16.1 Å². The van der Waals surface area contributed by atoms with Gasteiger partial charge in [-0.2, -0.15) is 18.3 Å². The number of methoxy groups -OCH3 is 1. The van der Waals surface area contributed by atoms with Gasteiger partial charge in [0, 0.05) is 10.6 Å². The number of halogens is 5. The number of hydrogen-bond donors (Lipinski definition) is 0. The summed E-state index contributed by atoms with van der Waals surface area (Å²) in [6.07, 6.45) is -4.06. The number of nitrogens with zero attached hydrogens (tertiary/aromatic N) is 3. The minimum atomic E-state index is -4.93. The second kappa shape index (κ2) is 8.12. The van der Waals surface area contributed by atoms with Crippen molar-refractivity contribution in [2.45, 2.75) is 6.18 Å². The lowest BCUT2D eigenvalue weighted by molar-refractivity contribution is -0.142. The molecule has 0 spiro atoms. The molecule has 4 aromatic rings. The first kappa shape index (κ1) is 21.6. The molecule has 164 valence electrons. The topological polar surface area (TPSA) is 70.2 Å². The Hall–Kier alpha value is -3.66. The maximum Gasteiger partial charge on any atom is 0.434 e. The lowest BCUT2D eigenvalue weighted by Gasteiger charge is -2.12. The lowest BCUT2D eigenvalue weighted by atomic mass is 10.0. The predicted molar refractivity (Wildman–Crippen MR) is 106 cm³/mol. The van der Waals surface area contributed by atoms with E-state index in [9.17, 15) is 22.4 Å². The molecule has 2 heterocycles. The van der Waals surface area contributed by atoms with Crippen molar-refractivity contribution in [3.63, 3.8) is 0 Å². The predicted octanol–water partition coefficient (Wildman–Crippen LogP) is 5.79. The van der Waals surface area contributed by atoms with Crippen molar-refractivity contribution in [2.75, 3.05) is 7.11 Å². The quantitative estimate of drug-likeness (QED) is 0.282. The Bertz CT molecular complexity index is 1300. The second-order valence-electron chi connectivity index (χ2n) is 6.53. The Kier molecular flexibility index (Phi) is 5.47. The Morgan fingerprint density at radius 3 is 2.50 bits per heavy atom. The number of hydrogen-bond acceptors (Lipinski definition) is 5. The molecule has 2 aromatic carbocycles. The molecule has 4 rings (SSSR count). The van der Waals surface area contributed by atoms with Gasteiger partial charge >= 0.3 is 12.1 Å². The van der Waals surface area contributed by atoms with Crippen LogP contribution >= 0.6 is 11.6 Å². The number of carbonyl (C=O) groups is 1. The third-order valence-electron chi connectivity index (χ3n) is 4.53. The van der Waals surface area contributed by atoms with Crippen molar-refractivity contribution < 1.29 is 31.6 Å². The number of carbonyl (C=O) groups excluding carboxylic acids is 1. The van der Waals surface area contributed by atoms with Crippen LogP contribution in [0, 0.1) is 5.82 Å². The number of esters is 1. The SMILES string of the molecule is COC(=O)c1c(-c2ccc(Cl)cc2)noc1-c1cnn(-c2cccc(F)c2)c1C(F)(F)F. The van der Waals surface area contributed by atoms with Crippen molar-refractivity contribution in [1.29, 1.82) is 0 Å². The van der Waals surface area contributed by atoms with Gasteiger partial charge in [-0.3, -0.25) is 0 Å². The Morgan fingerprint density at radius 2 is 1.88 bits per heavy atom. The molecule has 0 N–H and O–H groups in total. The summed E-state index contributed by atoms with van der Waals surface area (Å²) in [5, 5.41) is 7.97. The van der Waals surface area contributed by atoms with Crippen LogP contribution in [-0.2, 0) is 10.9 Å². The van der Waals surface area contributed by atoms with Gasteiger partial charge in [-0.05, 0) is 30.3 Å². The highest BCUT2D eigenvalue weighted by atomic mass is 35.5. The van der Waals surface area contributed by atoms with Gasteiger partial charge in [0.05, 0.1) is 24.6 Å². The minimum absolute atomic E-state index is 0.0323. The highest BCUT2D eigenvalue weighted by Crippen LogP contribution is 2.41. The number of aromatic nitrogens is 3. The van der Waals surface area contributed by atoms with E-state index in [2.05, 4.69) is 10.3 Å². The second-order valence-corrected chi connectivity index (χ2v) is 6.97. The molecule has 2 aromatic heterocycles. The molecule has 0 aliphatic heterocycles. The van der Waals surface area contributed by atoms with Gasteiger partial charge in [-0.25, -0.2) is 13.9 Å². The molecule has 0 bridgehead atoms. The molecule has 0 aliphatic carbocycles. The zero-order valence-corrected chi connectivity index (χ0v) is 16.9. The maximum atomic E-state index is 14.1. The smallest absolute Gasteiger partial charge is 0.434 e. The normalized spacial score (nSPS) is 11.6. The van der Waals surface area contributed by atoms with Crippen molar-refractivity contribution in [2.24, 2.45) is 0 Å². The average Bonchev–Trinajstić information content (AvgIpc) is 3.38. The number of alkyl halides is 3. The first-order valence-electron chi connectivity index (χ1n) is 8.96. The fraction of sp³-hybridized carbons (Fsp3) is 0.0952. The summed E-state index contributed by atoms with van der Waals surface area (Å²) in [5.41, 5.74) is -1.98. The standard InChI is InChI=1S/C21H12ClF4N3O3/c1-31-20(30)16-17(11-5-7-12(22)8-6-11)28-32-18(16)15-10-27-29(19(15)21(24,25)26)14-4-2-3-13(23)9-14/h2-10H,1H3. The third-order valence-corrected chi connectivity index (χ3v) is 4.79. The zero-order valence-electron chi connectivity index (χ0n) is 16.2. The van der Waals surface area contributed by atoms with Crippen LogP contribution in [0.4, 0.5) is 17.6 Å². The van der Waals surface area contributed by atoms with Gasteiger partial charge in [0.25, 0.3) is 0 Å². The summed E-state index contributed by atoms with van der Waals surface area (Å²) in [6.45, 7) is 0. The van der Waals surface area contributed by atoms with Crippen LogP contribution < -0.4 is 0 Å². The first-order valence-corrected chi connectivity index (χ1v) is 9.34. The van der Waals surface area contributed by atoms with Crippen LogP contribution in [0.25, 0.3) is 28.3 Å². The Balaban J connectivity index is 1.96. The molecular formula is C21H12ClF4N3O3. The van der Waals surface area contributed by atoms with E-state index in [-0.39, 0.29) is 16.9 Å². The summed E-state index contributed by atoms with van der Waals surface area (Å²) in [5.74, 6) is -2.19. The minimum Gasteiger partial charge on any atom is -0.465 e.